The Kier molecular flexibility index (Phi) is 48.4. The van der Waals surface area contributed by atoms with Crippen molar-refractivity contribution in [1.29, 1.82) is 0 Å². The summed E-state index contributed by atoms with van der Waals surface area (Å²) in [6.07, 6.45) is 9.43. The highest BCUT2D eigenvalue weighted by atomic mass is 19.2. The first-order chi connectivity index (χ1) is 64.4. The number of fused-ring (bicyclic) bond motifs is 5. The number of phenolic OH excluding ortho intramolecular Hbond substituents is 1. The van der Waals surface area contributed by atoms with Gasteiger partial charge in [-0.05, 0) is 250 Å². The van der Waals surface area contributed by atoms with Gasteiger partial charge in [0.05, 0.1) is 108 Å². The van der Waals surface area contributed by atoms with Gasteiger partial charge in [-0.25, -0.2) is 35.1 Å². The molecule has 1 saturated heterocycles. The molecule has 0 radical (unpaired) electrons. The zero-order chi connectivity index (χ0) is 102. The summed E-state index contributed by atoms with van der Waals surface area (Å²) in [5.41, 5.74) is 8.59. The molecule has 14 rings (SSSR count). The van der Waals surface area contributed by atoms with Crippen LogP contribution in [0.1, 0.15) is 172 Å². The summed E-state index contributed by atoms with van der Waals surface area (Å²) in [4.78, 5) is 139. The summed E-state index contributed by atoms with van der Waals surface area (Å²) in [7, 11) is 13.7. The fourth-order valence-electron chi connectivity index (χ4n) is 13.9. The standard InChI is InChI=1S/C13H13FO4.C13H15FO3.C12H13FO3.C11H11FO4.C11H11FO3.C11H13FO3.C11H11FO2.C7H7FO.C4H4O3.C3H6O2.C2H4O2/c1-17-11-6-9-7(5-10(11)14)3-4-8(12(9)15)13(16)18-2;1-16-12-7-10-5-9(13(15)17-2)4-3-8(10)6-11(12)14;1-16-11-6-9-4-8(12(14)15)3-2-7(9)5-10(11)13;1-16-10-4-2-7(6-8(10)12)9(13)3-5-11(14)15;12-9-4-6-1-2-7(11(14)15)3-8(6)5-10(9)13;1-15-10-6-5-8(7-9(10)12)3-2-4-11(13)14;1-14-11-6-8-7(5-9(11)12)3-2-4-10(8)13;1-9-7-5-3-2-4-6(7)8;5-3-1-2-4(6)7-3;1-3(4)5-2;1-2(3)4/h5-6,8H,3-4H2,1-2H3;6-7,9H,3-5H2,1-2H3;5-6,8H,2-4H2,1H3,(H,14,15);2,4,6H,3,5H2,1H3,(H,14,15);4-5,7,13H,1-3H2,(H,14,15);5-7H,2-4H2,1H3,(H,13,14);5-6H,2-4H2,1H3;2-5H,1H3;1-2H2;1-2H3;1H3,(H,3,4). The van der Waals surface area contributed by atoms with Crippen LogP contribution in [0.5, 0.6) is 46.0 Å². The third kappa shape index (κ3) is 37.2. The summed E-state index contributed by atoms with van der Waals surface area (Å²) in [6.45, 7) is 2.44. The number of esters is 5. The average molecular weight is 1920 g/mol. The van der Waals surface area contributed by atoms with Crippen LogP contribution in [0.25, 0.3) is 0 Å². The lowest BCUT2D eigenvalue weighted by Crippen LogP contribution is -2.30. The lowest BCUT2D eigenvalue weighted by molar-refractivity contribution is -0.152. The van der Waals surface area contributed by atoms with Gasteiger partial charge in [-0.3, -0.25) is 62.3 Å². The number of methoxy groups -OCH3 is 10. The molecule has 0 bridgehead atoms. The van der Waals surface area contributed by atoms with E-state index in [1.54, 1.807) is 42.5 Å². The number of rotatable bonds is 19. The monoisotopic (exact) mass is 1920 g/mol. The molecule has 6 aliphatic rings. The van der Waals surface area contributed by atoms with Crippen LogP contribution in [0.3, 0.4) is 0 Å². The van der Waals surface area contributed by atoms with Gasteiger partial charge in [0.15, 0.2) is 110 Å². The van der Waals surface area contributed by atoms with E-state index in [9.17, 15) is 97.8 Å². The number of ketones is 3. The van der Waals surface area contributed by atoms with Gasteiger partial charge in [-0.1, -0.05) is 18.2 Å². The third-order valence-corrected chi connectivity index (χ3v) is 21.0. The Morgan fingerprint density at radius 2 is 0.757 bits per heavy atom. The van der Waals surface area contributed by atoms with Crippen molar-refractivity contribution in [1.82, 2.24) is 0 Å². The highest BCUT2D eigenvalue weighted by Crippen LogP contribution is 2.37. The first-order valence-corrected chi connectivity index (χ1v) is 42.0. The molecule has 136 heavy (non-hydrogen) atoms. The number of carbonyl (C=O) groups is 13. The van der Waals surface area contributed by atoms with Crippen LogP contribution >= 0.6 is 0 Å². The smallest absolute Gasteiger partial charge is 0.316 e. The van der Waals surface area contributed by atoms with Crippen LogP contribution in [-0.2, 0) is 125 Å². The van der Waals surface area contributed by atoms with Gasteiger partial charge in [-0.15, -0.1) is 0 Å². The number of carboxylic acids is 5. The van der Waals surface area contributed by atoms with Crippen molar-refractivity contribution in [2.75, 3.05) is 71.1 Å². The Morgan fingerprint density at radius 1 is 0.368 bits per heavy atom. The van der Waals surface area contributed by atoms with Crippen molar-refractivity contribution in [2.24, 2.45) is 23.7 Å². The minimum atomic E-state index is -1.05. The van der Waals surface area contributed by atoms with E-state index >= 15 is 0 Å². The number of Topliss-reactive ketones (excluding diaryl/α,β-unsaturated/α-hetero) is 3. The fourth-order valence-corrected chi connectivity index (χ4v) is 13.9. The Balaban J connectivity index is 0.000000318. The molecule has 1 aliphatic heterocycles. The van der Waals surface area contributed by atoms with E-state index in [1.165, 1.54) is 151 Å². The molecule has 30 nitrogen and oxygen atoms in total. The number of benzene rings is 8. The van der Waals surface area contributed by atoms with Gasteiger partial charge < -0.3 is 82.7 Å². The number of halogens is 8. The fraction of sp³-hybridized carbons (Fsp3) is 0.378. The molecule has 736 valence electrons. The molecular formula is C98H108F8O30. The molecule has 0 spiro atoms. The van der Waals surface area contributed by atoms with E-state index in [0.29, 0.717) is 107 Å². The summed E-state index contributed by atoms with van der Waals surface area (Å²) >= 11 is 0. The number of ether oxygens (including phenoxy) is 11. The number of cyclic esters (lactones) is 2. The maximum Gasteiger partial charge on any atom is 0.316 e. The van der Waals surface area contributed by atoms with Crippen LogP contribution in [0.15, 0.2) is 121 Å². The van der Waals surface area contributed by atoms with Crippen LogP contribution < -0.4 is 33.2 Å². The summed E-state index contributed by atoms with van der Waals surface area (Å²) in [5.74, 6) is -11.3. The van der Waals surface area contributed by atoms with Gasteiger partial charge in [0.25, 0.3) is 5.97 Å². The molecule has 4 unspecified atom stereocenters. The predicted molar refractivity (Wildman–Crippen MR) is 471 cm³/mol. The van der Waals surface area contributed by atoms with E-state index < -0.39 is 94.4 Å². The number of carbonyl (C=O) groups excluding carboxylic acids is 8. The van der Waals surface area contributed by atoms with E-state index in [-0.39, 0.29) is 137 Å². The summed E-state index contributed by atoms with van der Waals surface area (Å²) in [6, 6.07) is 29.2. The number of para-hydroxylation sites is 1. The Bertz CT molecular complexity index is 5490. The maximum absolute atomic E-state index is 13.5. The largest absolute Gasteiger partial charge is 0.505 e. The lowest BCUT2D eigenvalue weighted by Gasteiger charge is -2.23. The lowest BCUT2D eigenvalue weighted by atomic mass is 9.82. The van der Waals surface area contributed by atoms with Crippen molar-refractivity contribution in [3.8, 4) is 46.0 Å². The van der Waals surface area contributed by atoms with Gasteiger partial charge in [-0.2, -0.15) is 0 Å². The number of hydrogen-bond acceptors (Lipinski definition) is 25. The van der Waals surface area contributed by atoms with Crippen LogP contribution in [0.2, 0.25) is 0 Å². The molecule has 4 atom stereocenters. The van der Waals surface area contributed by atoms with E-state index in [1.807, 2.05) is 0 Å². The molecule has 0 aromatic heterocycles. The Labute approximate surface area is 778 Å². The van der Waals surface area contributed by atoms with Crippen molar-refractivity contribution in [2.45, 2.75) is 149 Å². The molecule has 0 amide bonds. The van der Waals surface area contributed by atoms with Crippen molar-refractivity contribution < 1.29 is 180 Å². The van der Waals surface area contributed by atoms with Gasteiger partial charge in [0, 0.05) is 49.8 Å². The molecule has 0 saturated carbocycles. The first-order valence-electron chi connectivity index (χ1n) is 42.0. The van der Waals surface area contributed by atoms with Crippen LogP contribution in [0, 0.1) is 70.2 Å². The molecule has 8 aromatic carbocycles. The van der Waals surface area contributed by atoms with Crippen molar-refractivity contribution >= 4 is 77.0 Å². The second kappa shape index (κ2) is 57.8. The highest BCUT2D eigenvalue weighted by Gasteiger charge is 2.36. The quantitative estimate of drug-likeness (QED) is 0.0144. The molecular weight excluding hydrogens is 1810 g/mol. The van der Waals surface area contributed by atoms with Crippen molar-refractivity contribution in [3.63, 3.8) is 0 Å². The molecule has 6 N–H and O–H groups in total. The number of aromatic hydroxyl groups is 1. The second-order valence-corrected chi connectivity index (χ2v) is 30.2. The molecule has 38 heteroatoms. The van der Waals surface area contributed by atoms with E-state index in [4.69, 9.17) is 63.5 Å². The number of carboxylic acid groups (broad SMARTS) is 5. The predicted octanol–water partition coefficient (Wildman–Crippen LogP) is 16.0. The molecule has 8 aromatic rings. The number of aliphatic carboxylic acids is 5. The molecule has 1 fully saturated rings. The van der Waals surface area contributed by atoms with Gasteiger partial charge in [0.2, 0.25) is 0 Å². The highest BCUT2D eigenvalue weighted by molar-refractivity contribution is 6.10. The molecule has 5 aliphatic carbocycles. The first kappa shape index (κ1) is 114. The molecule has 1 heterocycles. The zero-order valence-corrected chi connectivity index (χ0v) is 76.7. The number of phenols is 1. The normalized spacial score (nSPS) is 15.0. The van der Waals surface area contributed by atoms with Crippen LogP contribution in [0.4, 0.5) is 35.1 Å². The average Bonchev–Trinajstić information content (AvgIpc) is 0.790. The van der Waals surface area contributed by atoms with Gasteiger partial charge in [0.1, 0.15) is 5.92 Å². The minimum absolute atomic E-state index is 0.00705. The van der Waals surface area contributed by atoms with Crippen LogP contribution in [-0.4, -0.2) is 179 Å². The Hall–Kier alpha value is -14.5. The topological polar surface area (TPSA) is 445 Å². The van der Waals surface area contributed by atoms with E-state index in [2.05, 4.69) is 18.9 Å². The van der Waals surface area contributed by atoms with Gasteiger partial charge >= 0.3 is 53.7 Å². The van der Waals surface area contributed by atoms with Crippen molar-refractivity contribution in [3.05, 3.63) is 235 Å². The maximum atomic E-state index is 13.5. The summed E-state index contributed by atoms with van der Waals surface area (Å²) in [5, 5.41) is 51.2. The Morgan fingerprint density at radius 3 is 1.17 bits per heavy atom. The number of hydrogen-bond donors (Lipinski definition) is 6. The summed E-state index contributed by atoms with van der Waals surface area (Å²) < 4.78 is 157. The zero-order valence-electron chi connectivity index (χ0n) is 76.7. The minimum Gasteiger partial charge on any atom is -0.505 e. The van der Waals surface area contributed by atoms with E-state index in [0.717, 1.165) is 70.3 Å². The number of aryl methyl sites for hydroxylation is 6. The SMILES string of the molecule is CC(=O)O.COC(=O)C1CCc2cc(F)c(OC)cc2C1.COC(=O)C1CCc2cc(F)c(OC)cc2C1=O.COC(C)=O.COc1cc2c(cc1F)CCC(C(=O)O)C2.COc1cc2c(cc1F)CCCC2=O.COc1ccc(C(=O)CCC(=O)O)cc1F.COc1ccc(CCCC(=O)O)cc1F.COc1ccccc1F.O=C(O)C1CCc2cc(F)c(O)cc2C1.O=C1CCC(=O)O1. The second-order valence-electron chi connectivity index (χ2n) is 30.2. The third-order valence-electron chi connectivity index (χ3n) is 21.0.